The van der Waals surface area contributed by atoms with Crippen LogP contribution < -0.4 is 0 Å². The molecule has 0 unspecified atom stereocenters. The summed E-state index contributed by atoms with van der Waals surface area (Å²) in [4.78, 5) is 13.9. The molecule has 0 spiro atoms. The summed E-state index contributed by atoms with van der Waals surface area (Å²) in [6, 6.07) is 12.3. The number of amides is 1. The van der Waals surface area contributed by atoms with Gasteiger partial charge in [-0.15, -0.1) is 0 Å². The van der Waals surface area contributed by atoms with Crippen molar-refractivity contribution in [2.45, 2.75) is 18.0 Å². The van der Waals surface area contributed by atoms with Gasteiger partial charge in [-0.3, -0.25) is 0 Å². The highest BCUT2D eigenvalue weighted by molar-refractivity contribution is 7.91. The number of halogens is 1. The van der Waals surface area contributed by atoms with Crippen molar-refractivity contribution in [1.82, 2.24) is 4.90 Å². The second-order valence-electron chi connectivity index (χ2n) is 5.53. The lowest BCUT2D eigenvalue weighted by molar-refractivity contribution is 0.0960. The number of fused-ring (bicyclic) bond motifs is 1. The molecule has 2 aromatic rings. The average Bonchev–Trinajstić information content (AvgIpc) is 2.71. The van der Waals surface area contributed by atoms with E-state index in [9.17, 15) is 17.6 Å². The molecule has 0 aromatic heterocycles. The first-order valence-electron chi connectivity index (χ1n) is 7.42. The van der Waals surface area contributed by atoms with Crippen LogP contribution in [0.4, 0.5) is 9.18 Å². The number of hydrogen-bond acceptors (Lipinski definition) is 4. The Hall–Kier alpha value is -2.41. The van der Waals surface area contributed by atoms with Crippen molar-refractivity contribution < 1.29 is 22.3 Å². The van der Waals surface area contributed by atoms with Crippen LogP contribution in [0, 0.1) is 5.82 Å². The van der Waals surface area contributed by atoms with E-state index in [4.69, 9.17) is 4.74 Å². The van der Waals surface area contributed by atoms with Gasteiger partial charge in [-0.25, -0.2) is 17.6 Å². The third-order valence-corrected chi connectivity index (χ3v) is 5.62. The maximum Gasteiger partial charge on any atom is 0.410 e. The van der Waals surface area contributed by atoms with Gasteiger partial charge in [0.15, 0.2) is 9.84 Å². The predicted octanol–water partition coefficient (Wildman–Crippen LogP) is 2.75. The van der Waals surface area contributed by atoms with Gasteiger partial charge in [0.2, 0.25) is 0 Å². The van der Waals surface area contributed by atoms with Gasteiger partial charge < -0.3 is 9.64 Å². The highest BCUT2D eigenvalue weighted by Crippen LogP contribution is 2.23. The molecule has 1 heterocycles. The third kappa shape index (κ3) is 3.56. The van der Waals surface area contributed by atoms with Crippen LogP contribution in [0.5, 0.6) is 0 Å². The van der Waals surface area contributed by atoms with Gasteiger partial charge in [0.1, 0.15) is 12.4 Å². The fraction of sp³-hybridized carbons (Fsp3) is 0.235. The fourth-order valence-electron chi connectivity index (χ4n) is 2.54. The van der Waals surface area contributed by atoms with Gasteiger partial charge in [0.25, 0.3) is 0 Å². The van der Waals surface area contributed by atoms with Crippen LogP contribution in [0.15, 0.2) is 53.4 Å². The van der Waals surface area contributed by atoms with Crippen LogP contribution in [0.1, 0.15) is 11.1 Å². The van der Waals surface area contributed by atoms with Crippen LogP contribution in [-0.4, -0.2) is 31.7 Å². The molecule has 0 saturated heterocycles. The summed E-state index contributed by atoms with van der Waals surface area (Å²) >= 11 is 0. The zero-order valence-corrected chi connectivity index (χ0v) is 13.6. The number of carbonyl (C=O) groups excluding carboxylic acids is 1. The Balaban J connectivity index is 1.71. The number of hydrogen-bond donors (Lipinski definition) is 0. The van der Waals surface area contributed by atoms with E-state index in [0.29, 0.717) is 11.1 Å². The van der Waals surface area contributed by atoms with Crippen molar-refractivity contribution in [3.05, 3.63) is 65.5 Å². The summed E-state index contributed by atoms with van der Waals surface area (Å²) in [6.07, 6.45) is -0.591. The van der Waals surface area contributed by atoms with Crippen LogP contribution in [0.25, 0.3) is 0 Å². The van der Waals surface area contributed by atoms with Crippen LogP contribution >= 0.6 is 0 Å². The minimum absolute atomic E-state index is 0.00398. The van der Waals surface area contributed by atoms with E-state index in [1.165, 1.54) is 29.2 Å². The van der Waals surface area contributed by atoms with E-state index < -0.39 is 15.9 Å². The third-order valence-electron chi connectivity index (χ3n) is 3.83. The van der Waals surface area contributed by atoms with E-state index >= 15 is 0 Å². The van der Waals surface area contributed by atoms with Gasteiger partial charge in [-0.05, 0) is 29.3 Å². The lowest BCUT2D eigenvalue weighted by Gasteiger charge is -2.19. The summed E-state index contributed by atoms with van der Waals surface area (Å²) in [5, 5.41) is 0. The Kier molecular flexibility index (Phi) is 4.53. The maximum absolute atomic E-state index is 12.9. The monoisotopic (exact) mass is 349 g/mol. The van der Waals surface area contributed by atoms with Crippen LogP contribution in [0.2, 0.25) is 0 Å². The van der Waals surface area contributed by atoms with Crippen molar-refractivity contribution in [2.24, 2.45) is 0 Å². The molecule has 0 atom stereocenters. The standard InChI is InChI=1S/C17H16FNO4S/c18-15-7-5-13(6-8-15)12-23-17(20)19-9-10-24(21,22)16-4-2-1-3-14(16)11-19/h1-8H,9-12H2. The highest BCUT2D eigenvalue weighted by Gasteiger charge is 2.28. The maximum atomic E-state index is 12.9. The summed E-state index contributed by atoms with van der Waals surface area (Å²) in [5.41, 5.74) is 1.24. The van der Waals surface area contributed by atoms with Crippen molar-refractivity contribution in [3.8, 4) is 0 Å². The molecule has 1 aliphatic rings. The van der Waals surface area contributed by atoms with Crippen molar-refractivity contribution in [2.75, 3.05) is 12.3 Å². The first-order valence-corrected chi connectivity index (χ1v) is 9.08. The average molecular weight is 349 g/mol. The molecule has 0 N–H and O–H groups in total. The van der Waals surface area contributed by atoms with Gasteiger partial charge in [0.05, 0.1) is 17.2 Å². The van der Waals surface area contributed by atoms with E-state index in [0.717, 1.165) is 0 Å². The SMILES string of the molecule is O=C(OCc1ccc(F)cc1)N1CCS(=O)(=O)c2ccccc2C1. The molecule has 5 nitrogen and oxygen atoms in total. The second-order valence-corrected chi connectivity index (χ2v) is 7.61. The number of carbonyl (C=O) groups is 1. The van der Waals surface area contributed by atoms with E-state index in [1.807, 2.05) is 0 Å². The minimum atomic E-state index is -3.41. The lowest BCUT2D eigenvalue weighted by Crippen LogP contribution is -2.33. The van der Waals surface area contributed by atoms with Gasteiger partial charge in [-0.1, -0.05) is 30.3 Å². The molecule has 3 rings (SSSR count). The van der Waals surface area contributed by atoms with Crippen molar-refractivity contribution in [1.29, 1.82) is 0 Å². The summed E-state index contributed by atoms with van der Waals surface area (Å²) in [7, 11) is -3.41. The fourth-order valence-corrected chi connectivity index (χ4v) is 4.03. The Morgan fingerprint density at radius 3 is 2.58 bits per heavy atom. The van der Waals surface area contributed by atoms with Crippen LogP contribution in [-0.2, 0) is 27.7 Å². The molecule has 0 radical (unpaired) electrons. The van der Waals surface area contributed by atoms with Crippen molar-refractivity contribution >= 4 is 15.9 Å². The molecular weight excluding hydrogens is 333 g/mol. The van der Waals surface area contributed by atoms with E-state index in [2.05, 4.69) is 0 Å². The molecule has 0 bridgehead atoms. The molecule has 24 heavy (non-hydrogen) atoms. The molecular formula is C17H16FNO4S. The van der Waals surface area contributed by atoms with E-state index in [1.54, 1.807) is 24.3 Å². The number of nitrogens with zero attached hydrogens (tertiary/aromatic N) is 1. The zero-order chi connectivity index (χ0) is 17.2. The van der Waals surface area contributed by atoms with Crippen LogP contribution in [0.3, 0.4) is 0 Å². The van der Waals surface area contributed by atoms with Crippen molar-refractivity contribution in [3.63, 3.8) is 0 Å². The molecule has 1 amide bonds. The Morgan fingerprint density at radius 2 is 1.83 bits per heavy atom. The largest absolute Gasteiger partial charge is 0.445 e. The lowest BCUT2D eigenvalue weighted by atomic mass is 10.2. The number of sulfone groups is 1. The minimum Gasteiger partial charge on any atom is -0.445 e. The predicted molar refractivity (Wildman–Crippen MR) is 85.5 cm³/mol. The summed E-state index contributed by atoms with van der Waals surface area (Å²) in [6.45, 7) is 0.251. The first-order chi connectivity index (χ1) is 11.5. The summed E-state index contributed by atoms with van der Waals surface area (Å²) in [5.74, 6) is -0.505. The molecule has 7 heteroatoms. The van der Waals surface area contributed by atoms with Gasteiger partial charge >= 0.3 is 6.09 Å². The van der Waals surface area contributed by atoms with E-state index in [-0.39, 0.29) is 36.2 Å². The Bertz CT molecular complexity index is 849. The quantitative estimate of drug-likeness (QED) is 0.836. The molecule has 0 saturated carbocycles. The molecule has 0 aliphatic carbocycles. The smallest absolute Gasteiger partial charge is 0.410 e. The zero-order valence-electron chi connectivity index (χ0n) is 12.8. The highest BCUT2D eigenvalue weighted by atomic mass is 32.2. The Morgan fingerprint density at radius 1 is 1.12 bits per heavy atom. The molecule has 2 aromatic carbocycles. The number of rotatable bonds is 2. The summed E-state index contributed by atoms with van der Waals surface area (Å²) < 4.78 is 42.6. The number of benzene rings is 2. The molecule has 0 fully saturated rings. The Labute approximate surface area is 139 Å². The normalized spacial score (nSPS) is 16.1. The van der Waals surface area contributed by atoms with Gasteiger partial charge in [0, 0.05) is 6.54 Å². The second kappa shape index (κ2) is 6.60. The molecule has 126 valence electrons. The molecule has 1 aliphatic heterocycles. The van der Waals surface area contributed by atoms with Gasteiger partial charge in [-0.2, -0.15) is 0 Å². The first kappa shape index (κ1) is 16.4. The number of ether oxygens (including phenoxy) is 1. The topological polar surface area (TPSA) is 63.7 Å².